The molecule has 170 valence electrons. The van der Waals surface area contributed by atoms with Crippen LogP contribution in [0.5, 0.6) is 0 Å². The van der Waals surface area contributed by atoms with Gasteiger partial charge in [0.25, 0.3) is 0 Å². The van der Waals surface area contributed by atoms with Gasteiger partial charge in [-0.2, -0.15) is 0 Å². The molecule has 0 unspecified atom stereocenters. The molecule has 0 aliphatic rings. The Morgan fingerprint density at radius 2 is 1.94 bits per heavy atom. The number of aryl methyl sites for hydroxylation is 1. The third-order valence-electron chi connectivity index (χ3n) is 4.99. The molecule has 0 saturated heterocycles. The maximum Gasteiger partial charge on any atom is 0.375 e. The lowest BCUT2D eigenvalue weighted by Crippen LogP contribution is -2.22. The van der Waals surface area contributed by atoms with Crippen LogP contribution in [-0.4, -0.2) is 23.5 Å². The summed E-state index contributed by atoms with van der Waals surface area (Å²) < 4.78 is 16.8. The van der Waals surface area contributed by atoms with Crippen LogP contribution in [0.3, 0.4) is 0 Å². The Balaban J connectivity index is 1.51. The minimum absolute atomic E-state index is 0.0417. The number of fused-ring (bicyclic) bond motifs is 1. The number of hydrogen-bond donors (Lipinski definition) is 0. The van der Waals surface area contributed by atoms with E-state index in [9.17, 15) is 9.59 Å². The van der Waals surface area contributed by atoms with Crippen molar-refractivity contribution in [3.8, 4) is 0 Å². The van der Waals surface area contributed by atoms with Gasteiger partial charge >= 0.3 is 5.97 Å². The van der Waals surface area contributed by atoms with Gasteiger partial charge in [0.1, 0.15) is 12.2 Å². The second-order valence-corrected chi connectivity index (χ2v) is 8.27. The fourth-order valence-corrected chi connectivity index (χ4v) is 4.35. The summed E-state index contributed by atoms with van der Waals surface area (Å²) in [6, 6.07) is 15.1. The summed E-state index contributed by atoms with van der Waals surface area (Å²) in [7, 11) is 0. The van der Waals surface area contributed by atoms with Gasteiger partial charge in [0.15, 0.2) is 5.13 Å². The summed E-state index contributed by atoms with van der Waals surface area (Å²) >= 11 is 1.31. The number of furan rings is 1. The minimum atomic E-state index is -0.586. The van der Waals surface area contributed by atoms with Crippen LogP contribution in [0.25, 0.3) is 11.0 Å². The fourth-order valence-electron chi connectivity index (χ4n) is 3.48. The number of esters is 1. The molecule has 0 aliphatic heterocycles. The molecule has 2 heterocycles. The van der Waals surface area contributed by atoms with Gasteiger partial charge < -0.3 is 13.9 Å². The number of hydrogen-bond acceptors (Lipinski definition) is 7. The quantitative estimate of drug-likeness (QED) is 0.308. The number of thiazole rings is 1. The molecule has 2 aromatic heterocycles. The summed E-state index contributed by atoms with van der Waals surface area (Å²) in [5.74, 6) is -0.607. The summed E-state index contributed by atoms with van der Waals surface area (Å²) in [5, 5.41) is 3.11. The second kappa shape index (κ2) is 9.97. The molecule has 4 aromatic rings. The Labute approximate surface area is 195 Å². The number of nitrogens with zero attached hydrogens (tertiary/aromatic N) is 2. The smallest absolute Gasteiger partial charge is 0.375 e. The van der Waals surface area contributed by atoms with Crippen LogP contribution in [0.2, 0.25) is 0 Å². The zero-order valence-electron chi connectivity index (χ0n) is 18.7. The van der Waals surface area contributed by atoms with Gasteiger partial charge in [-0.25, -0.2) is 9.78 Å². The highest BCUT2D eigenvalue weighted by Gasteiger charge is 2.23. The molecule has 8 heteroatoms. The molecular formula is C25H24N2O5S. The maximum atomic E-state index is 12.8. The predicted octanol–water partition coefficient (Wildman–Crippen LogP) is 5.78. The van der Waals surface area contributed by atoms with Crippen LogP contribution in [-0.2, 0) is 27.5 Å². The molecule has 0 spiro atoms. The Hall–Kier alpha value is -3.49. The molecule has 4 rings (SSSR count). The number of carbonyl (C=O) groups is 2. The normalized spacial score (nSPS) is 11.0. The highest BCUT2D eigenvalue weighted by Crippen LogP contribution is 2.30. The van der Waals surface area contributed by atoms with Crippen molar-refractivity contribution in [1.29, 1.82) is 0 Å². The minimum Gasteiger partial charge on any atom is -0.453 e. The van der Waals surface area contributed by atoms with Gasteiger partial charge in [0, 0.05) is 29.9 Å². The van der Waals surface area contributed by atoms with Gasteiger partial charge in [-0.1, -0.05) is 30.3 Å². The van der Waals surface area contributed by atoms with Crippen LogP contribution in [0.15, 0.2) is 58.3 Å². The van der Waals surface area contributed by atoms with E-state index in [1.54, 1.807) is 16.3 Å². The van der Waals surface area contributed by atoms with E-state index < -0.39 is 5.97 Å². The Bertz CT molecular complexity index is 1290. The average Bonchev–Trinajstić information content (AvgIpc) is 3.41. The molecule has 0 bridgehead atoms. The Morgan fingerprint density at radius 1 is 1.12 bits per heavy atom. The van der Waals surface area contributed by atoms with E-state index in [2.05, 4.69) is 4.98 Å². The van der Waals surface area contributed by atoms with Gasteiger partial charge in [-0.05, 0) is 37.6 Å². The summed E-state index contributed by atoms with van der Waals surface area (Å²) in [4.78, 5) is 31.2. The number of ether oxygens (including phenoxy) is 2. The first kappa shape index (κ1) is 22.7. The van der Waals surface area contributed by atoms with E-state index in [0.717, 1.165) is 16.6 Å². The lowest BCUT2D eigenvalue weighted by Gasteiger charge is -2.18. The van der Waals surface area contributed by atoms with Crippen molar-refractivity contribution < 1.29 is 23.5 Å². The number of amides is 1. The van der Waals surface area contributed by atoms with Crippen LogP contribution in [0, 0.1) is 6.92 Å². The average molecular weight is 465 g/mol. The summed E-state index contributed by atoms with van der Waals surface area (Å²) in [5.41, 5.74) is 3.59. The molecule has 33 heavy (non-hydrogen) atoms. The SMILES string of the molecule is CCOCc1c(C(=O)OCc2csc(N(C(C)=O)c3cccc(C)c3)n2)oc2ccccc12. The number of anilines is 2. The number of carbonyl (C=O) groups excluding carboxylic acids is 2. The van der Waals surface area contributed by atoms with Crippen molar-refractivity contribution in [3.05, 3.63) is 76.5 Å². The van der Waals surface area contributed by atoms with Gasteiger partial charge in [-0.3, -0.25) is 9.69 Å². The summed E-state index contributed by atoms with van der Waals surface area (Å²) in [6.45, 7) is 6.07. The van der Waals surface area contributed by atoms with Crippen molar-refractivity contribution in [1.82, 2.24) is 4.98 Å². The number of para-hydroxylation sites is 1. The third kappa shape index (κ3) is 4.97. The molecule has 0 fully saturated rings. The van der Waals surface area contributed by atoms with Crippen molar-refractivity contribution in [2.45, 2.75) is 34.0 Å². The van der Waals surface area contributed by atoms with Crippen molar-refractivity contribution in [2.24, 2.45) is 0 Å². The third-order valence-corrected chi connectivity index (χ3v) is 5.87. The Morgan fingerprint density at radius 3 is 2.70 bits per heavy atom. The van der Waals surface area contributed by atoms with Crippen LogP contribution in [0.1, 0.15) is 41.2 Å². The molecule has 2 aromatic carbocycles. The van der Waals surface area contributed by atoms with Crippen molar-refractivity contribution >= 4 is 45.0 Å². The fraction of sp³-hybridized carbons (Fsp3) is 0.240. The number of rotatable bonds is 8. The molecule has 7 nitrogen and oxygen atoms in total. The number of benzene rings is 2. The molecule has 0 radical (unpaired) electrons. The van der Waals surface area contributed by atoms with Gasteiger partial charge in [0.05, 0.1) is 18.0 Å². The first-order chi connectivity index (χ1) is 16.0. The maximum absolute atomic E-state index is 12.8. The van der Waals surface area contributed by atoms with Gasteiger partial charge in [-0.15, -0.1) is 11.3 Å². The molecule has 0 atom stereocenters. The molecular weight excluding hydrogens is 440 g/mol. The molecule has 1 amide bonds. The lowest BCUT2D eigenvalue weighted by molar-refractivity contribution is -0.115. The second-order valence-electron chi connectivity index (χ2n) is 7.43. The van der Waals surface area contributed by atoms with Gasteiger partial charge in [0.2, 0.25) is 11.7 Å². The standard InChI is InChI=1S/C25H24N2O5S/c1-4-30-14-21-20-10-5-6-11-22(20)32-23(21)24(29)31-13-18-15-33-25(26-18)27(17(3)28)19-9-7-8-16(2)12-19/h5-12,15H,4,13-14H2,1-3H3. The van der Waals surface area contributed by atoms with E-state index in [4.69, 9.17) is 13.9 Å². The monoisotopic (exact) mass is 464 g/mol. The topological polar surface area (TPSA) is 81.9 Å². The highest BCUT2D eigenvalue weighted by molar-refractivity contribution is 7.14. The van der Waals surface area contributed by atoms with Crippen molar-refractivity contribution in [2.75, 3.05) is 11.5 Å². The first-order valence-corrected chi connectivity index (χ1v) is 11.4. The van der Waals surface area contributed by atoms with E-state index in [-0.39, 0.29) is 24.9 Å². The van der Waals surface area contributed by atoms with E-state index in [1.165, 1.54) is 18.3 Å². The first-order valence-electron chi connectivity index (χ1n) is 10.5. The largest absolute Gasteiger partial charge is 0.453 e. The highest BCUT2D eigenvalue weighted by atomic mass is 32.1. The Kier molecular flexibility index (Phi) is 6.86. The van der Waals surface area contributed by atoms with Crippen LogP contribution < -0.4 is 4.90 Å². The number of aromatic nitrogens is 1. The summed E-state index contributed by atoms with van der Waals surface area (Å²) in [6.07, 6.45) is 0. The van der Waals surface area contributed by atoms with E-state index in [0.29, 0.717) is 28.6 Å². The van der Waals surface area contributed by atoms with Crippen LogP contribution in [0.4, 0.5) is 10.8 Å². The van der Waals surface area contributed by atoms with Crippen LogP contribution >= 0.6 is 11.3 Å². The predicted molar refractivity (Wildman–Crippen MR) is 127 cm³/mol. The zero-order valence-corrected chi connectivity index (χ0v) is 19.5. The molecule has 0 N–H and O–H groups in total. The van der Waals surface area contributed by atoms with Crippen molar-refractivity contribution in [3.63, 3.8) is 0 Å². The van der Waals surface area contributed by atoms with E-state index >= 15 is 0 Å². The molecule has 0 aliphatic carbocycles. The van der Waals surface area contributed by atoms with E-state index in [1.807, 2.05) is 56.3 Å². The molecule has 0 saturated carbocycles. The lowest BCUT2D eigenvalue weighted by atomic mass is 10.1. The zero-order chi connectivity index (χ0) is 23.4.